The molecule has 10 aromatic rings. The fraction of sp³-hybridized carbons (Fsp3) is 0.0625. The van der Waals surface area contributed by atoms with Crippen LogP contribution in [0.1, 0.15) is 25.0 Å². The molecule has 1 aliphatic rings. The lowest BCUT2D eigenvalue weighted by molar-refractivity contribution is 0.660. The van der Waals surface area contributed by atoms with Gasteiger partial charge < -0.3 is 8.98 Å². The van der Waals surface area contributed by atoms with Crippen LogP contribution in [0, 0.1) is 0 Å². The molecule has 0 saturated carbocycles. The highest BCUT2D eigenvalue weighted by atomic mass is 16.3. The molecule has 0 radical (unpaired) electrons. The highest BCUT2D eigenvalue weighted by molar-refractivity contribution is 6.19. The number of hydrogen-bond acceptors (Lipinski definition) is 4. The van der Waals surface area contributed by atoms with Gasteiger partial charge in [0.1, 0.15) is 11.2 Å². The average Bonchev–Trinajstić information content (AvgIpc) is 3.82. The van der Waals surface area contributed by atoms with Crippen molar-refractivity contribution in [3.63, 3.8) is 0 Å². The van der Waals surface area contributed by atoms with E-state index in [1.165, 1.54) is 27.6 Å². The summed E-state index contributed by atoms with van der Waals surface area (Å²) in [6.07, 6.45) is 0. The minimum absolute atomic E-state index is 0.144. The van der Waals surface area contributed by atoms with E-state index < -0.39 is 0 Å². The summed E-state index contributed by atoms with van der Waals surface area (Å²) in [4.78, 5) is 15.5. The highest BCUT2D eigenvalue weighted by Crippen LogP contribution is 2.49. The van der Waals surface area contributed by atoms with Crippen LogP contribution in [-0.4, -0.2) is 19.5 Å². The Balaban J connectivity index is 1.16. The van der Waals surface area contributed by atoms with Crippen molar-refractivity contribution >= 4 is 43.7 Å². The Morgan fingerprint density at radius 1 is 0.453 bits per heavy atom. The molecule has 0 N–H and O–H groups in total. The Hall–Kier alpha value is -6.85. The number of benzene rings is 7. The normalized spacial score (nSPS) is 13.2. The lowest BCUT2D eigenvalue weighted by atomic mass is 9.82. The van der Waals surface area contributed by atoms with Gasteiger partial charge in [0.05, 0.1) is 11.0 Å². The molecule has 3 aromatic heterocycles. The summed E-state index contributed by atoms with van der Waals surface area (Å²) in [5, 5.41) is 4.33. The zero-order valence-corrected chi connectivity index (χ0v) is 29.2. The lowest BCUT2D eigenvalue weighted by Crippen LogP contribution is -2.15. The SMILES string of the molecule is CC1(C)c2ccccc2-c2ccc(-c3nc(-c4ccccc4)nc(-c4cccc5oc6cc7c8ccccc8n(-c8ccccc8)c7cc6c45)n3)cc21. The second-order valence-corrected chi connectivity index (χ2v) is 14.4. The first-order valence-electron chi connectivity index (χ1n) is 18.0. The van der Waals surface area contributed by atoms with Gasteiger partial charge >= 0.3 is 0 Å². The number of aromatic nitrogens is 4. The van der Waals surface area contributed by atoms with Crippen molar-refractivity contribution in [1.82, 2.24) is 19.5 Å². The van der Waals surface area contributed by atoms with Crippen LogP contribution < -0.4 is 0 Å². The zero-order valence-electron chi connectivity index (χ0n) is 29.2. The predicted octanol–water partition coefficient (Wildman–Crippen LogP) is 12.2. The third kappa shape index (κ3) is 4.40. The van der Waals surface area contributed by atoms with Crippen LogP contribution in [0.4, 0.5) is 0 Å². The maximum atomic E-state index is 6.64. The second-order valence-electron chi connectivity index (χ2n) is 14.4. The van der Waals surface area contributed by atoms with Crippen LogP contribution in [0.5, 0.6) is 0 Å². The molecule has 5 heteroatoms. The lowest BCUT2D eigenvalue weighted by Gasteiger charge is -2.21. The fourth-order valence-electron chi connectivity index (χ4n) is 8.51. The maximum Gasteiger partial charge on any atom is 0.164 e. The molecule has 53 heavy (non-hydrogen) atoms. The van der Waals surface area contributed by atoms with Gasteiger partial charge in [-0.2, -0.15) is 0 Å². The first kappa shape index (κ1) is 29.8. The molecule has 11 rings (SSSR count). The van der Waals surface area contributed by atoms with Gasteiger partial charge in [-0.25, -0.2) is 15.0 Å². The molecule has 0 aliphatic heterocycles. The summed E-state index contributed by atoms with van der Waals surface area (Å²) in [6.45, 7) is 4.60. The molecule has 250 valence electrons. The van der Waals surface area contributed by atoms with Crippen LogP contribution in [0.2, 0.25) is 0 Å². The molecule has 7 aromatic carbocycles. The van der Waals surface area contributed by atoms with Crippen molar-refractivity contribution in [2.24, 2.45) is 0 Å². The molecular formula is C48H32N4O. The van der Waals surface area contributed by atoms with E-state index in [0.29, 0.717) is 17.5 Å². The smallest absolute Gasteiger partial charge is 0.164 e. The number of para-hydroxylation sites is 2. The van der Waals surface area contributed by atoms with E-state index in [0.717, 1.165) is 60.7 Å². The van der Waals surface area contributed by atoms with Crippen LogP contribution in [0.3, 0.4) is 0 Å². The first-order valence-corrected chi connectivity index (χ1v) is 18.0. The van der Waals surface area contributed by atoms with Crippen molar-refractivity contribution < 1.29 is 4.42 Å². The molecule has 3 heterocycles. The van der Waals surface area contributed by atoms with Crippen molar-refractivity contribution in [2.75, 3.05) is 0 Å². The molecule has 0 bridgehead atoms. The summed E-state index contributed by atoms with van der Waals surface area (Å²) in [5.74, 6) is 1.87. The topological polar surface area (TPSA) is 56.7 Å². The van der Waals surface area contributed by atoms with Gasteiger partial charge in [-0.1, -0.05) is 129 Å². The summed E-state index contributed by atoms with van der Waals surface area (Å²) in [5.41, 5.74) is 12.8. The van der Waals surface area contributed by atoms with E-state index in [4.69, 9.17) is 19.4 Å². The summed E-state index contributed by atoms with van der Waals surface area (Å²) in [7, 11) is 0. The summed E-state index contributed by atoms with van der Waals surface area (Å²) in [6, 6.07) is 55.3. The van der Waals surface area contributed by atoms with Gasteiger partial charge in [0.2, 0.25) is 0 Å². The maximum absolute atomic E-state index is 6.64. The van der Waals surface area contributed by atoms with Crippen molar-refractivity contribution in [3.05, 3.63) is 169 Å². The van der Waals surface area contributed by atoms with Crippen molar-refractivity contribution in [1.29, 1.82) is 0 Å². The number of hydrogen-bond donors (Lipinski definition) is 0. The summed E-state index contributed by atoms with van der Waals surface area (Å²) >= 11 is 0. The largest absolute Gasteiger partial charge is 0.456 e. The van der Waals surface area contributed by atoms with Crippen molar-refractivity contribution in [3.8, 4) is 51.0 Å². The Kier molecular flexibility index (Phi) is 6.23. The van der Waals surface area contributed by atoms with Crippen LogP contribution in [0.25, 0.3) is 94.7 Å². The molecule has 0 amide bonds. The monoisotopic (exact) mass is 680 g/mol. The molecule has 0 spiro atoms. The Morgan fingerprint density at radius 2 is 1.13 bits per heavy atom. The van der Waals surface area contributed by atoms with E-state index in [-0.39, 0.29) is 5.41 Å². The third-order valence-electron chi connectivity index (χ3n) is 11.1. The highest BCUT2D eigenvalue weighted by Gasteiger charge is 2.35. The summed E-state index contributed by atoms with van der Waals surface area (Å²) < 4.78 is 8.98. The van der Waals surface area contributed by atoms with Crippen LogP contribution in [0.15, 0.2) is 162 Å². The number of rotatable bonds is 4. The number of furan rings is 1. The average molecular weight is 681 g/mol. The Morgan fingerprint density at radius 3 is 1.98 bits per heavy atom. The van der Waals surface area contributed by atoms with E-state index in [1.54, 1.807) is 0 Å². The van der Waals surface area contributed by atoms with E-state index in [1.807, 2.05) is 30.3 Å². The van der Waals surface area contributed by atoms with Gasteiger partial charge in [-0.05, 0) is 64.7 Å². The van der Waals surface area contributed by atoms with Gasteiger partial charge in [0, 0.05) is 49.3 Å². The minimum atomic E-state index is -0.144. The van der Waals surface area contributed by atoms with Gasteiger partial charge in [0.25, 0.3) is 0 Å². The quantitative estimate of drug-likeness (QED) is 0.186. The van der Waals surface area contributed by atoms with E-state index >= 15 is 0 Å². The molecule has 5 nitrogen and oxygen atoms in total. The Labute approximate surface area is 305 Å². The van der Waals surface area contributed by atoms with E-state index in [2.05, 4.69) is 146 Å². The fourth-order valence-corrected chi connectivity index (χ4v) is 8.51. The number of nitrogens with zero attached hydrogens (tertiary/aromatic N) is 4. The Bertz CT molecular complexity index is 3080. The minimum Gasteiger partial charge on any atom is -0.456 e. The van der Waals surface area contributed by atoms with Crippen LogP contribution >= 0.6 is 0 Å². The third-order valence-corrected chi connectivity index (χ3v) is 11.1. The molecular weight excluding hydrogens is 649 g/mol. The van der Waals surface area contributed by atoms with Gasteiger partial charge in [-0.3, -0.25) is 0 Å². The molecule has 0 atom stereocenters. The van der Waals surface area contributed by atoms with Gasteiger partial charge in [-0.15, -0.1) is 0 Å². The van der Waals surface area contributed by atoms with Crippen molar-refractivity contribution in [2.45, 2.75) is 19.3 Å². The van der Waals surface area contributed by atoms with E-state index in [9.17, 15) is 0 Å². The molecule has 0 fully saturated rings. The predicted molar refractivity (Wildman–Crippen MR) is 215 cm³/mol. The zero-order chi connectivity index (χ0) is 35.3. The second kappa shape index (κ2) is 11.1. The first-order chi connectivity index (χ1) is 26.0. The standard InChI is InChI=1S/C48H32N4O/c1-48(2)38-21-11-9-18-32(38)33-25-24-30(26-39(33)48)46-49-45(29-14-5-3-6-15-29)50-47(51-46)35-20-13-23-42-44(35)37-27-41-36(28-43(37)53-42)34-19-10-12-22-40(34)52(41)31-16-7-4-8-17-31/h3-28H,1-2H3. The van der Waals surface area contributed by atoms with Gasteiger partial charge in [0.15, 0.2) is 17.5 Å². The molecule has 1 aliphatic carbocycles. The molecule has 0 unspecified atom stereocenters. The molecule has 0 saturated heterocycles. The number of fused-ring (bicyclic) bond motifs is 9. The van der Waals surface area contributed by atoms with Crippen LogP contribution in [-0.2, 0) is 5.41 Å².